The largest absolute Gasteiger partial charge is 0.490 e. The van der Waals surface area contributed by atoms with E-state index in [2.05, 4.69) is 40.3 Å². The molecule has 0 aliphatic rings. The first kappa shape index (κ1) is 20.9. The van der Waals surface area contributed by atoms with E-state index in [0.717, 1.165) is 11.1 Å². The molecule has 0 fully saturated rings. The molecule has 1 N–H and O–H groups in total. The van der Waals surface area contributed by atoms with Crippen molar-refractivity contribution in [1.82, 2.24) is 5.32 Å². The van der Waals surface area contributed by atoms with Gasteiger partial charge in [-0.3, -0.25) is 4.79 Å². The maximum absolute atomic E-state index is 12.6. The van der Waals surface area contributed by atoms with E-state index in [1.807, 2.05) is 49.4 Å². The lowest BCUT2D eigenvalue weighted by atomic mass is 10.1. The van der Waals surface area contributed by atoms with Gasteiger partial charge in [0.2, 0.25) is 0 Å². The van der Waals surface area contributed by atoms with Crippen LogP contribution in [-0.2, 0) is 13.2 Å². The summed E-state index contributed by atoms with van der Waals surface area (Å²) in [6.07, 6.45) is 0. The number of rotatable bonds is 8. The molecule has 0 aliphatic carbocycles. The highest BCUT2D eigenvalue weighted by atomic mass is 79.9. The Morgan fingerprint density at radius 2 is 1.69 bits per heavy atom. The Kier molecular flexibility index (Phi) is 7.30. The van der Waals surface area contributed by atoms with Crippen molar-refractivity contribution in [3.05, 3.63) is 93.5 Å². The quantitative estimate of drug-likeness (QED) is 0.478. The van der Waals surface area contributed by atoms with Crippen LogP contribution in [0.1, 0.15) is 34.0 Å². The molecule has 1 amide bonds. The third-order valence-electron chi connectivity index (χ3n) is 4.37. The van der Waals surface area contributed by atoms with E-state index in [0.29, 0.717) is 41.3 Å². The molecule has 0 aliphatic heterocycles. The minimum Gasteiger partial charge on any atom is -0.490 e. The normalized spacial score (nSPS) is 10.4. The van der Waals surface area contributed by atoms with Crippen LogP contribution in [0, 0.1) is 6.92 Å². The summed E-state index contributed by atoms with van der Waals surface area (Å²) in [4.78, 5) is 12.6. The van der Waals surface area contributed by atoms with Crippen LogP contribution >= 0.6 is 15.9 Å². The summed E-state index contributed by atoms with van der Waals surface area (Å²) in [6, 6.07) is 21.5. The van der Waals surface area contributed by atoms with Crippen LogP contribution in [0.25, 0.3) is 0 Å². The molecular weight excluding hydrogens is 430 g/mol. The topological polar surface area (TPSA) is 47.6 Å². The molecule has 0 radical (unpaired) electrons. The number of benzene rings is 3. The first-order valence-electron chi connectivity index (χ1n) is 9.53. The molecule has 0 heterocycles. The fourth-order valence-electron chi connectivity index (χ4n) is 2.82. The molecule has 0 saturated carbocycles. The number of carbonyl (C=O) groups excluding carboxylic acids is 1. The Balaban J connectivity index is 1.74. The number of hydrogen-bond donors (Lipinski definition) is 1. The molecule has 4 nitrogen and oxygen atoms in total. The molecule has 0 bridgehead atoms. The molecule has 5 heteroatoms. The molecule has 0 atom stereocenters. The van der Waals surface area contributed by atoms with E-state index in [1.54, 1.807) is 12.1 Å². The van der Waals surface area contributed by atoms with Gasteiger partial charge in [0.25, 0.3) is 5.91 Å². The molecule has 0 saturated heterocycles. The van der Waals surface area contributed by atoms with Crippen molar-refractivity contribution in [1.29, 1.82) is 0 Å². The molecule has 3 aromatic rings. The van der Waals surface area contributed by atoms with Gasteiger partial charge in [0.05, 0.1) is 11.1 Å². The number of nitrogens with one attached hydrogen (secondary N) is 1. The van der Waals surface area contributed by atoms with Crippen molar-refractivity contribution in [3.63, 3.8) is 0 Å². The van der Waals surface area contributed by atoms with Crippen LogP contribution < -0.4 is 14.8 Å². The van der Waals surface area contributed by atoms with Gasteiger partial charge in [-0.2, -0.15) is 0 Å². The van der Waals surface area contributed by atoms with Gasteiger partial charge in [-0.05, 0) is 53.0 Å². The van der Waals surface area contributed by atoms with Gasteiger partial charge in [0.15, 0.2) is 11.5 Å². The van der Waals surface area contributed by atoms with Crippen LogP contribution in [0.15, 0.2) is 71.2 Å². The molecule has 0 unspecified atom stereocenters. The number of ether oxygens (including phenoxy) is 2. The minimum atomic E-state index is -0.166. The smallest absolute Gasteiger partial charge is 0.251 e. The lowest BCUT2D eigenvalue weighted by molar-refractivity contribution is 0.0950. The van der Waals surface area contributed by atoms with Gasteiger partial charge < -0.3 is 14.8 Å². The lowest BCUT2D eigenvalue weighted by Gasteiger charge is -2.16. The van der Waals surface area contributed by atoms with Crippen LogP contribution in [0.2, 0.25) is 0 Å². The maximum atomic E-state index is 12.6. The Hall–Kier alpha value is -2.79. The van der Waals surface area contributed by atoms with Gasteiger partial charge in [-0.1, -0.05) is 60.2 Å². The van der Waals surface area contributed by atoms with Crippen molar-refractivity contribution >= 4 is 21.8 Å². The monoisotopic (exact) mass is 453 g/mol. The maximum Gasteiger partial charge on any atom is 0.251 e. The zero-order valence-electron chi connectivity index (χ0n) is 16.6. The Morgan fingerprint density at radius 1 is 0.966 bits per heavy atom. The first-order chi connectivity index (χ1) is 14.1. The number of amides is 1. The van der Waals surface area contributed by atoms with Crippen molar-refractivity contribution in [2.75, 3.05) is 6.61 Å². The van der Waals surface area contributed by atoms with Crippen LogP contribution in [-0.4, -0.2) is 12.5 Å². The standard InChI is InChI=1S/C24H24BrNO3/c1-3-28-22-14-20(24(27)26-15-18-7-5-4-6-8-18)13-21(25)23(22)29-16-19-11-9-17(2)10-12-19/h4-14H,3,15-16H2,1-2H3,(H,26,27). The fourth-order valence-corrected chi connectivity index (χ4v) is 3.38. The average Bonchev–Trinajstić information content (AvgIpc) is 2.73. The van der Waals surface area contributed by atoms with Crippen molar-refractivity contribution in [2.45, 2.75) is 27.0 Å². The fraction of sp³-hybridized carbons (Fsp3) is 0.208. The summed E-state index contributed by atoms with van der Waals surface area (Å²) in [6.45, 7) is 5.31. The average molecular weight is 454 g/mol. The molecule has 150 valence electrons. The van der Waals surface area contributed by atoms with Crippen molar-refractivity contribution in [3.8, 4) is 11.5 Å². The number of carbonyl (C=O) groups is 1. The third kappa shape index (κ3) is 5.84. The van der Waals surface area contributed by atoms with E-state index in [9.17, 15) is 4.79 Å². The molecule has 3 rings (SSSR count). The van der Waals surface area contributed by atoms with Crippen molar-refractivity contribution < 1.29 is 14.3 Å². The van der Waals surface area contributed by atoms with E-state index in [4.69, 9.17) is 9.47 Å². The SMILES string of the molecule is CCOc1cc(C(=O)NCc2ccccc2)cc(Br)c1OCc1ccc(C)cc1. The predicted molar refractivity (Wildman–Crippen MR) is 118 cm³/mol. The second-order valence-electron chi connectivity index (χ2n) is 6.66. The summed E-state index contributed by atoms with van der Waals surface area (Å²) in [5.41, 5.74) is 3.83. The highest BCUT2D eigenvalue weighted by Crippen LogP contribution is 2.37. The Labute approximate surface area is 180 Å². The van der Waals surface area contributed by atoms with Crippen LogP contribution in [0.3, 0.4) is 0 Å². The number of hydrogen-bond acceptors (Lipinski definition) is 3. The molecule has 3 aromatic carbocycles. The Bertz CT molecular complexity index is 956. The van der Waals surface area contributed by atoms with Crippen LogP contribution in [0.5, 0.6) is 11.5 Å². The summed E-state index contributed by atoms with van der Waals surface area (Å²) in [5, 5.41) is 2.94. The first-order valence-corrected chi connectivity index (χ1v) is 10.3. The van der Waals surface area contributed by atoms with Gasteiger partial charge >= 0.3 is 0 Å². The summed E-state index contributed by atoms with van der Waals surface area (Å²) in [7, 11) is 0. The molecule has 0 aromatic heterocycles. The summed E-state index contributed by atoms with van der Waals surface area (Å²) >= 11 is 3.53. The van der Waals surface area contributed by atoms with Crippen molar-refractivity contribution in [2.24, 2.45) is 0 Å². The number of aryl methyl sites for hydroxylation is 1. The van der Waals surface area contributed by atoms with Gasteiger partial charge in [-0.25, -0.2) is 0 Å². The summed E-state index contributed by atoms with van der Waals surface area (Å²) in [5.74, 6) is 0.964. The Morgan fingerprint density at radius 3 is 2.38 bits per heavy atom. The highest BCUT2D eigenvalue weighted by molar-refractivity contribution is 9.10. The van der Waals surface area contributed by atoms with Gasteiger partial charge in [0, 0.05) is 12.1 Å². The van der Waals surface area contributed by atoms with Crippen LogP contribution in [0.4, 0.5) is 0 Å². The van der Waals surface area contributed by atoms with E-state index in [1.165, 1.54) is 5.56 Å². The zero-order valence-corrected chi connectivity index (χ0v) is 18.2. The zero-order chi connectivity index (χ0) is 20.6. The second kappa shape index (κ2) is 10.1. The second-order valence-corrected chi connectivity index (χ2v) is 7.52. The predicted octanol–water partition coefficient (Wildman–Crippen LogP) is 5.67. The van der Waals surface area contributed by atoms with Gasteiger partial charge in [-0.15, -0.1) is 0 Å². The van der Waals surface area contributed by atoms with Gasteiger partial charge in [0.1, 0.15) is 6.61 Å². The van der Waals surface area contributed by atoms with E-state index in [-0.39, 0.29) is 5.91 Å². The highest BCUT2D eigenvalue weighted by Gasteiger charge is 2.16. The minimum absolute atomic E-state index is 0.166. The molecular formula is C24H24BrNO3. The third-order valence-corrected chi connectivity index (χ3v) is 4.96. The lowest BCUT2D eigenvalue weighted by Crippen LogP contribution is -2.22. The summed E-state index contributed by atoms with van der Waals surface area (Å²) < 4.78 is 12.4. The molecule has 0 spiro atoms. The van der Waals surface area contributed by atoms with E-state index < -0.39 is 0 Å². The molecule has 29 heavy (non-hydrogen) atoms. The van der Waals surface area contributed by atoms with E-state index >= 15 is 0 Å². The number of halogens is 1.